The van der Waals surface area contributed by atoms with E-state index in [-0.39, 0.29) is 10.8 Å². The quantitative estimate of drug-likeness (QED) is 0.646. The zero-order valence-corrected chi connectivity index (χ0v) is 14.6. The van der Waals surface area contributed by atoms with Crippen LogP contribution in [0, 0.1) is 17.1 Å². The topological polar surface area (TPSA) is 58.2 Å². The number of halogens is 1. The maximum absolute atomic E-state index is 14.1. The van der Waals surface area contributed by atoms with Gasteiger partial charge in [0, 0.05) is 24.6 Å². The predicted octanol–water partition coefficient (Wildman–Crippen LogP) is 4.17. The van der Waals surface area contributed by atoms with Crippen LogP contribution in [-0.2, 0) is 0 Å². The minimum absolute atomic E-state index is 0.00207. The summed E-state index contributed by atoms with van der Waals surface area (Å²) < 4.78 is 18.1. The summed E-state index contributed by atoms with van der Waals surface area (Å²) in [5.41, 5.74) is 1.44. The van der Waals surface area contributed by atoms with E-state index in [4.69, 9.17) is 5.26 Å². The molecule has 0 aliphatic rings. The molecule has 1 aromatic heterocycles. The minimum Gasteiger partial charge on any atom is -0.339 e. The van der Waals surface area contributed by atoms with Crippen molar-refractivity contribution in [2.45, 2.75) is 4.90 Å². The number of H-pyrrole nitrogens is 1. The Labute approximate surface area is 146 Å². The van der Waals surface area contributed by atoms with Gasteiger partial charge in [0.25, 0.3) is 5.24 Å². The molecular formula is C17H13FN3OS2+. The molecule has 7 heteroatoms. The van der Waals surface area contributed by atoms with Gasteiger partial charge in [-0.3, -0.25) is 4.79 Å². The summed E-state index contributed by atoms with van der Waals surface area (Å²) in [4.78, 5) is 14.4. The maximum Gasteiger partial charge on any atom is 0.285 e. The molecule has 120 valence electrons. The molecule has 3 rings (SSSR count). The van der Waals surface area contributed by atoms with Gasteiger partial charge < -0.3 is 4.90 Å². The number of benzene rings is 2. The fourth-order valence-electron chi connectivity index (χ4n) is 2.26. The van der Waals surface area contributed by atoms with Crippen LogP contribution < -0.4 is 4.37 Å². The zero-order valence-electron chi connectivity index (χ0n) is 13.0. The number of rotatable bonds is 2. The molecule has 0 saturated carbocycles. The lowest BCUT2D eigenvalue weighted by Crippen LogP contribution is -2.16. The molecule has 0 saturated heterocycles. The van der Waals surface area contributed by atoms with Gasteiger partial charge in [-0.25, -0.2) is 4.39 Å². The Kier molecular flexibility index (Phi) is 4.51. The summed E-state index contributed by atoms with van der Waals surface area (Å²) in [7, 11) is 3.38. The van der Waals surface area contributed by atoms with Gasteiger partial charge in [-0.05, 0) is 41.6 Å². The van der Waals surface area contributed by atoms with Crippen molar-refractivity contribution >= 4 is 38.6 Å². The van der Waals surface area contributed by atoms with E-state index in [0.29, 0.717) is 5.56 Å². The van der Waals surface area contributed by atoms with Gasteiger partial charge in [0.2, 0.25) is 0 Å². The largest absolute Gasteiger partial charge is 0.339 e. The van der Waals surface area contributed by atoms with Crippen LogP contribution in [0.2, 0.25) is 0 Å². The zero-order chi connectivity index (χ0) is 17.3. The van der Waals surface area contributed by atoms with E-state index in [1.54, 1.807) is 20.2 Å². The van der Waals surface area contributed by atoms with Crippen molar-refractivity contribution in [1.82, 2.24) is 4.90 Å². The lowest BCUT2D eigenvalue weighted by molar-refractivity contribution is -0.287. The second-order valence-corrected chi connectivity index (χ2v) is 7.13. The Morgan fingerprint density at radius 3 is 2.79 bits per heavy atom. The van der Waals surface area contributed by atoms with E-state index < -0.39 is 5.82 Å². The Hall–Kier alpha value is -2.43. The number of nitrogens with one attached hydrogen (secondary N) is 1. The number of carbonyl (C=O) groups is 1. The monoisotopic (exact) mass is 358 g/mol. The standard InChI is InChI=1S/C17H12FN3OS2/c1-21(2)17(22)23-14-6-5-12-9-20-24-16(12)15(14)10-3-4-11(8-19)13(18)7-10/h3-7,9H,1-2H3/p+1. The summed E-state index contributed by atoms with van der Waals surface area (Å²) in [6.07, 6.45) is 1.87. The second kappa shape index (κ2) is 6.59. The lowest BCUT2D eigenvalue weighted by atomic mass is 10.0. The third-order valence-electron chi connectivity index (χ3n) is 3.47. The van der Waals surface area contributed by atoms with Crippen molar-refractivity contribution in [3.05, 3.63) is 47.9 Å². The van der Waals surface area contributed by atoms with E-state index in [1.807, 2.05) is 24.4 Å². The number of nitriles is 1. The van der Waals surface area contributed by atoms with Gasteiger partial charge in [-0.1, -0.05) is 6.07 Å². The first-order valence-electron chi connectivity index (χ1n) is 7.03. The summed E-state index contributed by atoms with van der Waals surface area (Å²) in [5.74, 6) is -0.567. The van der Waals surface area contributed by atoms with Crippen molar-refractivity contribution in [3.63, 3.8) is 0 Å². The molecule has 0 spiro atoms. The van der Waals surface area contributed by atoms with Crippen LogP contribution in [0.1, 0.15) is 5.56 Å². The number of aromatic nitrogens is 1. The highest BCUT2D eigenvalue weighted by atomic mass is 32.2. The van der Waals surface area contributed by atoms with Gasteiger partial charge in [0.1, 0.15) is 28.1 Å². The van der Waals surface area contributed by atoms with E-state index in [2.05, 4.69) is 4.37 Å². The molecule has 1 heterocycles. The summed E-state index contributed by atoms with van der Waals surface area (Å²) in [6.45, 7) is 0. The lowest BCUT2D eigenvalue weighted by Gasteiger charge is -2.13. The summed E-state index contributed by atoms with van der Waals surface area (Å²) in [6, 6.07) is 10.1. The Bertz CT molecular complexity index is 976. The number of carbonyl (C=O) groups excluding carboxylic acids is 1. The van der Waals surface area contributed by atoms with Gasteiger partial charge in [-0.15, -0.1) is 0 Å². The molecule has 0 atom stereocenters. The van der Waals surface area contributed by atoms with Crippen molar-refractivity contribution in [3.8, 4) is 17.2 Å². The highest BCUT2D eigenvalue weighted by molar-refractivity contribution is 8.13. The van der Waals surface area contributed by atoms with Crippen LogP contribution in [-0.4, -0.2) is 24.2 Å². The third kappa shape index (κ3) is 2.98. The molecule has 1 N–H and O–H groups in total. The molecule has 1 amide bonds. The number of fused-ring (bicyclic) bond motifs is 1. The average Bonchev–Trinajstić information content (AvgIpc) is 3.03. The highest BCUT2D eigenvalue weighted by Crippen LogP contribution is 2.39. The van der Waals surface area contributed by atoms with E-state index >= 15 is 0 Å². The van der Waals surface area contributed by atoms with E-state index in [9.17, 15) is 9.18 Å². The van der Waals surface area contributed by atoms with Crippen LogP contribution >= 0.6 is 23.3 Å². The molecule has 24 heavy (non-hydrogen) atoms. The van der Waals surface area contributed by atoms with Crippen molar-refractivity contribution in [2.75, 3.05) is 14.1 Å². The van der Waals surface area contributed by atoms with Gasteiger partial charge in [0.15, 0.2) is 6.20 Å². The average molecular weight is 358 g/mol. The first-order valence-corrected chi connectivity index (χ1v) is 8.66. The van der Waals surface area contributed by atoms with E-state index in [1.165, 1.54) is 28.6 Å². The van der Waals surface area contributed by atoms with E-state index in [0.717, 1.165) is 32.3 Å². The van der Waals surface area contributed by atoms with Crippen LogP contribution in [0.15, 0.2) is 41.4 Å². The maximum atomic E-state index is 14.1. The molecular weight excluding hydrogens is 345 g/mol. The molecule has 0 aliphatic carbocycles. The number of amides is 1. The minimum atomic E-state index is -0.567. The third-order valence-corrected chi connectivity index (χ3v) is 5.45. The number of thioether (sulfide) groups is 1. The Balaban J connectivity index is 2.20. The van der Waals surface area contributed by atoms with Crippen LogP contribution in [0.4, 0.5) is 9.18 Å². The fourth-order valence-corrected chi connectivity index (χ4v) is 4.03. The highest BCUT2D eigenvalue weighted by Gasteiger charge is 2.19. The van der Waals surface area contributed by atoms with Crippen LogP contribution in [0.25, 0.3) is 21.2 Å². The molecule has 0 fully saturated rings. The molecule has 0 unspecified atom stereocenters. The van der Waals surface area contributed by atoms with Crippen molar-refractivity contribution < 1.29 is 13.6 Å². The normalized spacial score (nSPS) is 10.6. The van der Waals surface area contributed by atoms with Crippen molar-refractivity contribution in [2.24, 2.45) is 0 Å². The predicted molar refractivity (Wildman–Crippen MR) is 93.4 cm³/mol. The first-order chi connectivity index (χ1) is 11.5. The fraction of sp³-hybridized carbons (Fsp3) is 0.118. The Morgan fingerprint density at radius 1 is 1.33 bits per heavy atom. The summed E-state index contributed by atoms with van der Waals surface area (Å²) >= 11 is 2.52. The first kappa shape index (κ1) is 16.4. The van der Waals surface area contributed by atoms with Crippen LogP contribution in [0.5, 0.6) is 0 Å². The number of aromatic amines is 1. The van der Waals surface area contributed by atoms with Crippen LogP contribution in [0.3, 0.4) is 0 Å². The van der Waals surface area contributed by atoms with Crippen molar-refractivity contribution in [1.29, 1.82) is 5.26 Å². The molecule has 0 bridgehead atoms. The molecule has 4 nitrogen and oxygen atoms in total. The molecule has 2 aromatic carbocycles. The molecule has 0 aliphatic heterocycles. The van der Waals surface area contributed by atoms with Gasteiger partial charge >= 0.3 is 0 Å². The SMILES string of the molecule is CN(C)C(=O)Sc1ccc2c[nH+]sc2c1-c1ccc(C#N)c(F)c1. The molecule has 0 radical (unpaired) electrons. The number of hydrogen-bond acceptors (Lipinski definition) is 4. The number of hydrogen-bond donors (Lipinski definition) is 0. The second-order valence-electron chi connectivity index (χ2n) is 5.29. The smallest absolute Gasteiger partial charge is 0.285 e. The van der Waals surface area contributed by atoms with Gasteiger partial charge in [-0.2, -0.15) is 9.64 Å². The summed E-state index contributed by atoms with van der Waals surface area (Å²) in [5, 5.41) is 9.79. The molecule has 3 aromatic rings. The van der Waals surface area contributed by atoms with Gasteiger partial charge in [0.05, 0.1) is 10.9 Å². The Morgan fingerprint density at radius 2 is 2.12 bits per heavy atom. The number of nitrogens with zero attached hydrogens (tertiary/aromatic N) is 2.